The van der Waals surface area contributed by atoms with Crippen LogP contribution in [0.5, 0.6) is 0 Å². The largest absolute Gasteiger partial charge is 0.377 e. The summed E-state index contributed by atoms with van der Waals surface area (Å²) in [5.41, 5.74) is 0.779. The molecule has 2 rings (SSSR count). The third-order valence-electron chi connectivity index (χ3n) is 3.94. The normalized spacial score (nSPS) is 16.8. The molecule has 7 heteroatoms. The predicted octanol–water partition coefficient (Wildman–Crippen LogP) is 2.04. The second-order valence-corrected chi connectivity index (χ2v) is 6.24. The SMILES string of the molecule is CCCNC(=O)NC(=O)CN(Cc1cccc(F)c1)CC1CCCO1. The van der Waals surface area contributed by atoms with E-state index in [2.05, 4.69) is 10.6 Å². The van der Waals surface area contributed by atoms with Gasteiger partial charge in [0.1, 0.15) is 5.82 Å². The van der Waals surface area contributed by atoms with Gasteiger partial charge in [-0.3, -0.25) is 15.0 Å². The van der Waals surface area contributed by atoms with E-state index in [0.717, 1.165) is 31.4 Å². The van der Waals surface area contributed by atoms with Gasteiger partial charge in [-0.15, -0.1) is 0 Å². The first-order valence-electron chi connectivity index (χ1n) is 8.73. The standard InChI is InChI=1S/C18H26FN3O3/c1-2-8-20-18(24)21-17(23)13-22(12-16-7-4-9-25-16)11-14-5-3-6-15(19)10-14/h3,5-6,10,16H,2,4,7-9,11-13H2,1H3,(H2,20,21,23,24). The second-order valence-electron chi connectivity index (χ2n) is 6.24. The second kappa shape index (κ2) is 10.1. The first-order chi connectivity index (χ1) is 12.1. The zero-order valence-electron chi connectivity index (χ0n) is 14.6. The molecule has 1 aromatic carbocycles. The van der Waals surface area contributed by atoms with E-state index in [1.54, 1.807) is 6.07 Å². The van der Waals surface area contributed by atoms with Crippen LogP contribution in [-0.4, -0.2) is 49.2 Å². The van der Waals surface area contributed by atoms with Crippen LogP contribution < -0.4 is 10.6 Å². The van der Waals surface area contributed by atoms with E-state index in [1.165, 1.54) is 12.1 Å². The molecule has 25 heavy (non-hydrogen) atoms. The average molecular weight is 351 g/mol. The third-order valence-corrected chi connectivity index (χ3v) is 3.94. The Bertz CT molecular complexity index is 576. The van der Waals surface area contributed by atoms with Crippen molar-refractivity contribution in [3.8, 4) is 0 Å². The van der Waals surface area contributed by atoms with Gasteiger partial charge >= 0.3 is 6.03 Å². The van der Waals surface area contributed by atoms with Crippen molar-refractivity contribution in [2.45, 2.75) is 38.8 Å². The molecule has 3 amide bonds. The fourth-order valence-corrected chi connectivity index (χ4v) is 2.81. The molecule has 2 N–H and O–H groups in total. The highest BCUT2D eigenvalue weighted by Crippen LogP contribution is 2.15. The lowest BCUT2D eigenvalue weighted by Gasteiger charge is -2.24. The van der Waals surface area contributed by atoms with Gasteiger partial charge in [0, 0.05) is 26.2 Å². The highest BCUT2D eigenvalue weighted by Gasteiger charge is 2.21. The van der Waals surface area contributed by atoms with Crippen molar-refractivity contribution in [2.75, 3.05) is 26.2 Å². The molecule has 0 aliphatic carbocycles. The van der Waals surface area contributed by atoms with Crippen molar-refractivity contribution < 1.29 is 18.7 Å². The van der Waals surface area contributed by atoms with Gasteiger partial charge in [0.2, 0.25) is 5.91 Å². The number of halogens is 1. The van der Waals surface area contributed by atoms with E-state index in [-0.39, 0.29) is 24.4 Å². The summed E-state index contributed by atoms with van der Waals surface area (Å²) in [5, 5.41) is 4.92. The van der Waals surface area contributed by atoms with Gasteiger partial charge in [-0.2, -0.15) is 0 Å². The fraction of sp³-hybridized carbons (Fsp3) is 0.556. The van der Waals surface area contributed by atoms with Gasteiger partial charge in [0.05, 0.1) is 12.6 Å². The minimum absolute atomic E-state index is 0.0515. The van der Waals surface area contributed by atoms with Crippen LogP contribution in [0.3, 0.4) is 0 Å². The molecular formula is C18H26FN3O3. The summed E-state index contributed by atoms with van der Waals surface area (Å²) in [4.78, 5) is 25.6. The molecule has 1 aliphatic rings. The molecule has 0 radical (unpaired) electrons. The van der Waals surface area contributed by atoms with Crippen LogP contribution in [0.15, 0.2) is 24.3 Å². The average Bonchev–Trinajstić information content (AvgIpc) is 3.05. The van der Waals surface area contributed by atoms with Crippen LogP contribution in [-0.2, 0) is 16.1 Å². The molecule has 1 unspecified atom stereocenters. The number of nitrogens with zero attached hydrogens (tertiary/aromatic N) is 1. The summed E-state index contributed by atoms with van der Waals surface area (Å²) in [6.07, 6.45) is 2.81. The smallest absolute Gasteiger partial charge is 0.321 e. The van der Waals surface area contributed by atoms with Crippen LogP contribution in [0.25, 0.3) is 0 Å². The minimum Gasteiger partial charge on any atom is -0.377 e. The Morgan fingerprint density at radius 2 is 2.24 bits per heavy atom. The van der Waals surface area contributed by atoms with Gasteiger partial charge in [-0.1, -0.05) is 19.1 Å². The maximum atomic E-state index is 13.4. The highest BCUT2D eigenvalue weighted by molar-refractivity contribution is 5.95. The maximum absolute atomic E-state index is 13.4. The minimum atomic E-state index is -0.491. The number of hydrogen-bond acceptors (Lipinski definition) is 4. The Hall–Kier alpha value is -1.99. The molecule has 138 valence electrons. The van der Waals surface area contributed by atoms with Crippen molar-refractivity contribution in [3.63, 3.8) is 0 Å². The van der Waals surface area contributed by atoms with Crippen LogP contribution in [0.1, 0.15) is 31.7 Å². The maximum Gasteiger partial charge on any atom is 0.321 e. The number of carbonyl (C=O) groups is 2. The molecule has 0 bridgehead atoms. The highest BCUT2D eigenvalue weighted by atomic mass is 19.1. The van der Waals surface area contributed by atoms with E-state index in [9.17, 15) is 14.0 Å². The van der Waals surface area contributed by atoms with Crippen LogP contribution in [0.2, 0.25) is 0 Å². The molecule has 0 aromatic heterocycles. The van der Waals surface area contributed by atoms with Crippen LogP contribution in [0, 0.1) is 5.82 Å². The van der Waals surface area contributed by atoms with E-state index in [1.807, 2.05) is 17.9 Å². The van der Waals surface area contributed by atoms with Gasteiger partial charge in [-0.25, -0.2) is 9.18 Å². The molecule has 1 atom stereocenters. The molecule has 0 saturated carbocycles. The zero-order chi connectivity index (χ0) is 18.1. The molecule has 1 saturated heterocycles. The van der Waals surface area contributed by atoms with Crippen LogP contribution in [0.4, 0.5) is 9.18 Å². The number of nitrogens with one attached hydrogen (secondary N) is 2. The fourth-order valence-electron chi connectivity index (χ4n) is 2.81. The molecule has 1 heterocycles. The Morgan fingerprint density at radius 3 is 2.92 bits per heavy atom. The van der Waals surface area contributed by atoms with Gasteiger partial charge in [-0.05, 0) is 37.0 Å². The number of benzene rings is 1. The predicted molar refractivity (Wildman–Crippen MR) is 92.5 cm³/mol. The van der Waals surface area contributed by atoms with Crippen molar-refractivity contribution >= 4 is 11.9 Å². The number of hydrogen-bond donors (Lipinski definition) is 2. The summed E-state index contributed by atoms with van der Waals surface area (Å²) in [5.74, 6) is -0.694. The first-order valence-corrected chi connectivity index (χ1v) is 8.73. The Labute approximate surface area is 147 Å². The molecule has 1 aliphatic heterocycles. The van der Waals surface area contributed by atoms with E-state index in [0.29, 0.717) is 19.6 Å². The van der Waals surface area contributed by atoms with E-state index in [4.69, 9.17) is 4.74 Å². The molecule has 0 spiro atoms. The summed E-state index contributed by atoms with van der Waals surface area (Å²) in [6, 6.07) is 5.81. The molecule has 1 aromatic rings. The Kier molecular flexibility index (Phi) is 7.81. The zero-order valence-corrected chi connectivity index (χ0v) is 14.6. The number of ether oxygens (including phenoxy) is 1. The summed E-state index contributed by atoms with van der Waals surface area (Å²) in [6.45, 7) is 4.22. The lowest BCUT2D eigenvalue weighted by molar-refractivity contribution is -0.121. The number of rotatable bonds is 8. The van der Waals surface area contributed by atoms with Crippen molar-refractivity contribution in [3.05, 3.63) is 35.6 Å². The first kappa shape index (κ1) is 19.3. The van der Waals surface area contributed by atoms with Gasteiger partial charge in [0.25, 0.3) is 0 Å². The quantitative estimate of drug-likeness (QED) is 0.752. The Balaban J connectivity index is 1.93. The van der Waals surface area contributed by atoms with E-state index >= 15 is 0 Å². The number of imide groups is 1. The monoisotopic (exact) mass is 351 g/mol. The van der Waals surface area contributed by atoms with Crippen molar-refractivity contribution in [1.82, 2.24) is 15.5 Å². The van der Waals surface area contributed by atoms with Crippen molar-refractivity contribution in [1.29, 1.82) is 0 Å². The van der Waals surface area contributed by atoms with Crippen LogP contribution >= 0.6 is 0 Å². The van der Waals surface area contributed by atoms with E-state index < -0.39 is 6.03 Å². The third kappa shape index (κ3) is 7.19. The topological polar surface area (TPSA) is 70.7 Å². The van der Waals surface area contributed by atoms with Gasteiger partial charge in [0.15, 0.2) is 0 Å². The summed E-state index contributed by atoms with van der Waals surface area (Å²) >= 11 is 0. The van der Waals surface area contributed by atoms with Gasteiger partial charge < -0.3 is 10.1 Å². The lowest BCUT2D eigenvalue weighted by Crippen LogP contribution is -2.45. The molecule has 1 fully saturated rings. The summed E-state index contributed by atoms with van der Waals surface area (Å²) in [7, 11) is 0. The number of urea groups is 1. The van der Waals surface area contributed by atoms with Crippen molar-refractivity contribution in [2.24, 2.45) is 0 Å². The summed E-state index contributed by atoms with van der Waals surface area (Å²) < 4.78 is 19.0. The Morgan fingerprint density at radius 1 is 1.40 bits per heavy atom. The molecule has 6 nitrogen and oxygen atoms in total. The molecular weight excluding hydrogens is 325 g/mol. The number of carbonyl (C=O) groups excluding carboxylic acids is 2. The number of amides is 3. The lowest BCUT2D eigenvalue weighted by atomic mass is 10.1.